The molecule has 2 N–H and O–H groups in total. The summed E-state index contributed by atoms with van der Waals surface area (Å²) >= 11 is 0. The van der Waals surface area contributed by atoms with E-state index in [2.05, 4.69) is 25.7 Å². The lowest BCUT2D eigenvalue weighted by molar-refractivity contribution is -0.129. The van der Waals surface area contributed by atoms with Gasteiger partial charge >= 0.3 is 0 Å². The Morgan fingerprint density at radius 2 is 1.71 bits per heavy atom. The highest BCUT2D eigenvalue weighted by atomic mass is 16.5. The topological polar surface area (TPSA) is 99.7 Å². The molecule has 1 aliphatic rings. The third kappa shape index (κ3) is 6.06. The van der Waals surface area contributed by atoms with Crippen molar-refractivity contribution in [3.8, 4) is 5.75 Å². The van der Waals surface area contributed by atoms with Gasteiger partial charge in [0.05, 0.1) is 12.8 Å². The van der Waals surface area contributed by atoms with Crippen LogP contribution < -0.4 is 20.3 Å². The number of hydrogen-bond donors (Lipinski definition) is 2. The molecule has 2 aromatic carbocycles. The van der Waals surface area contributed by atoms with Crippen molar-refractivity contribution < 1.29 is 14.3 Å². The number of nitrogens with zero attached hydrogens (tertiary/aromatic N) is 4. The minimum Gasteiger partial charge on any atom is -0.497 e. The summed E-state index contributed by atoms with van der Waals surface area (Å²) in [6.07, 6.45) is 0. The first-order chi connectivity index (χ1) is 16.9. The van der Waals surface area contributed by atoms with Gasteiger partial charge in [-0.25, -0.2) is 0 Å². The highest BCUT2D eigenvalue weighted by molar-refractivity contribution is 5.97. The van der Waals surface area contributed by atoms with Gasteiger partial charge in [-0.15, -0.1) is 10.2 Å². The fourth-order valence-corrected chi connectivity index (χ4v) is 4.01. The van der Waals surface area contributed by atoms with Crippen molar-refractivity contribution in [2.45, 2.75) is 20.4 Å². The lowest BCUT2D eigenvalue weighted by Gasteiger charge is -2.35. The fourth-order valence-electron chi connectivity index (χ4n) is 4.01. The molecule has 0 spiro atoms. The van der Waals surface area contributed by atoms with E-state index in [1.54, 1.807) is 20.1 Å². The Kier molecular flexibility index (Phi) is 7.45. The number of piperazine rings is 1. The Labute approximate surface area is 205 Å². The average Bonchev–Trinajstić information content (AvgIpc) is 2.88. The summed E-state index contributed by atoms with van der Waals surface area (Å²) < 4.78 is 5.28. The molecule has 1 fully saturated rings. The zero-order valence-corrected chi connectivity index (χ0v) is 20.2. The van der Waals surface area contributed by atoms with Crippen molar-refractivity contribution in [3.63, 3.8) is 0 Å². The van der Waals surface area contributed by atoms with E-state index in [-0.39, 0.29) is 11.7 Å². The van der Waals surface area contributed by atoms with Crippen molar-refractivity contribution in [3.05, 3.63) is 65.9 Å². The van der Waals surface area contributed by atoms with E-state index < -0.39 is 0 Å². The van der Waals surface area contributed by atoms with Crippen LogP contribution in [0.5, 0.6) is 5.75 Å². The average molecular weight is 475 g/mol. The van der Waals surface area contributed by atoms with Crippen LogP contribution in [0.3, 0.4) is 0 Å². The van der Waals surface area contributed by atoms with Gasteiger partial charge in [0.2, 0.25) is 5.91 Å². The van der Waals surface area contributed by atoms with E-state index in [4.69, 9.17) is 4.74 Å². The molecular formula is C26H30N6O3. The summed E-state index contributed by atoms with van der Waals surface area (Å²) in [5.74, 6) is 1.27. The summed E-state index contributed by atoms with van der Waals surface area (Å²) in [4.78, 5) is 27.8. The zero-order chi connectivity index (χ0) is 24.8. The molecule has 182 valence electrons. The number of amides is 1. The molecule has 35 heavy (non-hydrogen) atoms. The minimum atomic E-state index is -0.161. The molecule has 1 saturated heterocycles. The van der Waals surface area contributed by atoms with Gasteiger partial charge in [-0.05, 0) is 42.0 Å². The smallest absolute Gasteiger partial charge is 0.219 e. The molecular weight excluding hydrogens is 444 g/mol. The van der Waals surface area contributed by atoms with Gasteiger partial charge in [0, 0.05) is 64.0 Å². The lowest BCUT2D eigenvalue weighted by atomic mass is 10.2. The molecule has 1 aromatic heterocycles. The number of Topliss-reactive ketones (excluding diaryl/α,β-unsaturated/α-hetero) is 1. The van der Waals surface area contributed by atoms with Crippen LogP contribution in [0.4, 0.5) is 22.9 Å². The first-order valence-corrected chi connectivity index (χ1v) is 11.6. The molecule has 0 saturated carbocycles. The van der Waals surface area contributed by atoms with Crippen LogP contribution in [0.25, 0.3) is 0 Å². The zero-order valence-electron chi connectivity index (χ0n) is 20.2. The van der Waals surface area contributed by atoms with Crippen LogP contribution in [0, 0.1) is 0 Å². The Balaban J connectivity index is 1.43. The number of carbonyl (C=O) groups excluding carboxylic acids is 2. The molecule has 0 atom stereocenters. The van der Waals surface area contributed by atoms with Crippen LogP contribution in [-0.2, 0) is 11.3 Å². The minimum absolute atomic E-state index is 0.124. The number of nitrogens with one attached hydrogen (secondary N) is 2. The van der Waals surface area contributed by atoms with E-state index in [9.17, 15) is 9.59 Å². The molecule has 4 rings (SSSR count). The number of carbonyl (C=O) groups is 2. The van der Waals surface area contributed by atoms with Crippen molar-refractivity contribution in [1.82, 2.24) is 15.1 Å². The van der Waals surface area contributed by atoms with Gasteiger partial charge < -0.3 is 25.2 Å². The summed E-state index contributed by atoms with van der Waals surface area (Å²) in [5, 5.41) is 14.9. The second kappa shape index (κ2) is 10.9. The van der Waals surface area contributed by atoms with Crippen molar-refractivity contribution in [2.24, 2.45) is 0 Å². The molecule has 1 amide bonds. The first-order valence-electron chi connectivity index (χ1n) is 11.6. The Hall–Kier alpha value is -4.14. The molecule has 2 heterocycles. The summed E-state index contributed by atoms with van der Waals surface area (Å²) in [6, 6.07) is 17.6. The lowest BCUT2D eigenvalue weighted by Crippen LogP contribution is -2.48. The van der Waals surface area contributed by atoms with Crippen molar-refractivity contribution in [1.29, 1.82) is 0 Å². The molecule has 9 heteroatoms. The van der Waals surface area contributed by atoms with Gasteiger partial charge in [0.25, 0.3) is 0 Å². The van der Waals surface area contributed by atoms with Crippen molar-refractivity contribution >= 4 is 34.6 Å². The highest BCUT2D eigenvalue weighted by Gasteiger charge is 2.19. The summed E-state index contributed by atoms with van der Waals surface area (Å²) in [5.41, 5.74) is 3.89. The number of benzene rings is 2. The standard InChI is InChI=1S/C26H30N6O3/c1-18(33)26-24(27-17-20-5-4-6-23(15-20)35-3)16-25(29-30-26)28-21-7-9-22(10-8-21)32-13-11-31(12-14-32)19(2)34/h4-10,15-16H,11-14,17H2,1-3H3,(H2,27,28,29). The largest absolute Gasteiger partial charge is 0.497 e. The van der Waals surface area contributed by atoms with Crippen LogP contribution in [-0.4, -0.2) is 60.1 Å². The van der Waals surface area contributed by atoms with Gasteiger partial charge in [0.1, 0.15) is 5.75 Å². The molecule has 1 aliphatic heterocycles. The van der Waals surface area contributed by atoms with Crippen molar-refractivity contribution in [2.75, 3.05) is 48.8 Å². The van der Waals surface area contributed by atoms with E-state index in [0.29, 0.717) is 23.7 Å². The number of ether oxygens (including phenoxy) is 1. The van der Waals surface area contributed by atoms with Gasteiger partial charge in [-0.1, -0.05) is 12.1 Å². The monoisotopic (exact) mass is 474 g/mol. The third-order valence-corrected chi connectivity index (χ3v) is 5.97. The van der Waals surface area contributed by atoms with Gasteiger partial charge in [0.15, 0.2) is 17.3 Å². The number of methoxy groups -OCH3 is 1. The molecule has 0 bridgehead atoms. The van der Waals surface area contributed by atoms with Gasteiger partial charge in [-0.2, -0.15) is 0 Å². The van der Waals surface area contributed by atoms with E-state index >= 15 is 0 Å². The number of rotatable bonds is 8. The van der Waals surface area contributed by atoms with Crippen LogP contribution in [0.1, 0.15) is 29.9 Å². The summed E-state index contributed by atoms with van der Waals surface area (Å²) in [7, 11) is 1.63. The van der Waals surface area contributed by atoms with Crippen LogP contribution in [0.15, 0.2) is 54.6 Å². The molecule has 9 nitrogen and oxygen atoms in total. The van der Waals surface area contributed by atoms with Crippen LogP contribution >= 0.6 is 0 Å². The van der Waals surface area contributed by atoms with E-state index in [0.717, 1.165) is 48.9 Å². The predicted octanol–water partition coefficient (Wildman–Crippen LogP) is 3.71. The maximum Gasteiger partial charge on any atom is 0.219 e. The molecule has 0 radical (unpaired) electrons. The number of aromatic nitrogens is 2. The maximum absolute atomic E-state index is 12.1. The predicted molar refractivity (Wildman–Crippen MR) is 137 cm³/mol. The summed E-state index contributed by atoms with van der Waals surface area (Å²) in [6.45, 7) is 6.69. The Bertz CT molecular complexity index is 1190. The van der Waals surface area contributed by atoms with Crippen LogP contribution in [0.2, 0.25) is 0 Å². The van der Waals surface area contributed by atoms with Gasteiger partial charge in [-0.3, -0.25) is 9.59 Å². The SMILES string of the molecule is COc1cccc(CNc2cc(Nc3ccc(N4CCN(C(C)=O)CC4)cc3)nnc2C(C)=O)c1. The first kappa shape index (κ1) is 24.0. The molecule has 3 aromatic rings. The van der Waals surface area contributed by atoms with E-state index in [1.807, 2.05) is 53.4 Å². The third-order valence-electron chi connectivity index (χ3n) is 5.97. The molecule has 0 unspecified atom stereocenters. The number of ketones is 1. The number of anilines is 4. The Morgan fingerprint density at radius 1 is 0.971 bits per heavy atom. The second-order valence-corrected chi connectivity index (χ2v) is 8.42. The Morgan fingerprint density at radius 3 is 2.37 bits per heavy atom. The highest BCUT2D eigenvalue weighted by Crippen LogP contribution is 2.24. The normalized spacial score (nSPS) is 13.3. The molecule has 0 aliphatic carbocycles. The number of hydrogen-bond acceptors (Lipinski definition) is 8. The quantitative estimate of drug-likeness (QED) is 0.477. The maximum atomic E-state index is 12.1. The fraction of sp³-hybridized carbons (Fsp3) is 0.308. The second-order valence-electron chi connectivity index (χ2n) is 8.42. The van der Waals surface area contributed by atoms with E-state index in [1.165, 1.54) is 6.92 Å².